The van der Waals surface area contributed by atoms with E-state index in [9.17, 15) is 4.79 Å². The van der Waals surface area contributed by atoms with E-state index in [1.54, 1.807) is 0 Å². The lowest BCUT2D eigenvalue weighted by Gasteiger charge is -2.23. The van der Waals surface area contributed by atoms with Crippen LogP contribution < -0.4 is 0 Å². The number of hydrogen-bond donors (Lipinski definition) is 0. The highest BCUT2D eigenvalue weighted by atomic mass is 35.5. The Balaban J connectivity index is 2.90. The molecule has 4 heteroatoms. The number of halogens is 1. The minimum atomic E-state index is -1.77. The Morgan fingerprint density at radius 3 is 2.20 bits per heavy atom. The first-order valence-electron chi connectivity index (χ1n) is 4.82. The smallest absolute Gasteiger partial charge is 0.253 e. The Morgan fingerprint density at radius 2 is 1.80 bits per heavy atom. The van der Waals surface area contributed by atoms with Crippen molar-refractivity contribution >= 4 is 25.2 Å². The predicted molar refractivity (Wildman–Crippen MR) is 64.5 cm³/mol. The zero-order valence-electron chi connectivity index (χ0n) is 9.16. The largest absolute Gasteiger partial charge is 0.403 e. The first-order chi connectivity index (χ1) is 6.90. The number of rotatable bonds is 4. The summed E-state index contributed by atoms with van der Waals surface area (Å²) in [5.41, 5.74) is 0.819. The van der Waals surface area contributed by atoms with E-state index in [2.05, 4.69) is 0 Å². The van der Waals surface area contributed by atoms with E-state index >= 15 is 0 Å². The molecule has 0 saturated heterocycles. The van der Waals surface area contributed by atoms with Gasteiger partial charge in [-0.05, 0) is 36.8 Å². The molecule has 1 rings (SSSR count). The van der Waals surface area contributed by atoms with Crippen molar-refractivity contribution in [3.05, 3.63) is 35.9 Å². The fraction of sp³-hybridized carbons (Fsp3) is 0.364. The molecule has 15 heavy (non-hydrogen) atoms. The lowest BCUT2D eigenvalue weighted by atomic mass is 10.1. The molecule has 2 nitrogen and oxygen atoms in total. The van der Waals surface area contributed by atoms with Gasteiger partial charge in [-0.3, -0.25) is 4.79 Å². The average Bonchev–Trinajstić information content (AvgIpc) is 2.14. The highest BCUT2D eigenvalue weighted by Gasteiger charge is 2.26. The Bertz CT molecular complexity index is 332. The molecule has 1 aromatic carbocycles. The zero-order chi connectivity index (χ0) is 11.5. The number of benzene rings is 1. The van der Waals surface area contributed by atoms with Crippen molar-refractivity contribution < 1.29 is 9.22 Å². The number of carbonyl (C=O) groups excluding carboxylic acids is 1. The molecule has 0 aliphatic heterocycles. The molecule has 0 heterocycles. The van der Waals surface area contributed by atoms with Gasteiger partial charge in [-0.1, -0.05) is 30.3 Å². The highest BCUT2D eigenvalue weighted by molar-refractivity contribution is 6.71. The third kappa shape index (κ3) is 4.16. The summed E-state index contributed by atoms with van der Waals surface area (Å²) in [6, 6.07) is 9.34. The maximum atomic E-state index is 11.3. The predicted octanol–water partition coefficient (Wildman–Crippen LogP) is 3.34. The van der Waals surface area contributed by atoms with Gasteiger partial charge in [0.2, 0.25) is 0 Å². The van der Waals surface area contributed by atoms with E-state index < -0.39 is 19.7 Å². The summed E-state index contributed by atoms with van der Waals surface area (Å²) in [6.07, 6.45) is -0.625. The lowest BCUT2D eigenvalue weighted by molar-refractivity contribution is -0.118. The molecule has 0 saturated carbocycles. The van der Waals surface area contributed by atoms with Crippen LogP contribution in [0.4, 0.5) is 0 Å². The van der Waals surface area contributed by atoms with Crippen LogP contribution in [0.15, 0.2) is 30.3 Å². The van der Waals surface area contributed by atoms with Gasteiger partial charge in [0.1, 0.15) is 6.10 Å². The minimum Gasteiger partial charge on any atom is -0.403 e. The fourth-order valence-electron chi connectivity index (χ4n) is 1.23. The molecule has 0 unspecified atom stereocenters. The molecular formula is C11H15ClO2Si. The molecule has 0 bridgehead atoms. The molecule has 82 valence electrons. The minimum absolute atomic E-state index is 0.455. The van der Waals surface area contributed by atoms with Gasteiger partial charge in [-0.2, -0.15) is 0 Å². The molecule has 0 radical (unpaired) electrons. The van der Waals surface area contributed by atoms with Crippen LogP contribution in [-0.2, 0) is 9.22 Å². The highest BCUT2D eigenvalue weighted by Crippen LogP contribution is 2.24. The quantitative estimate of drug-likeness (QED) is 0.598. The van der Waals surface area contributed by atoms with Crippen LogP contribution in [-0.4, -0.2) is 13.6 Å². The summed E-state index contributed by atoms with van der Waals surface area (Å²) >= 11 is 5.54. The van der Waals surface area contributed by atoms with Crippen molar-refractivity contribution in [2.24, 2.45) is 0 Å². The van der Waals surface area contributed by atoms with E-state index in [1.807, 2.05) is 50.0 Å². The van der Waals surface area contributed by atoms with Gasteiger partial charge in [0.25, 0.3) is 5.24 Å². The Hall–Kier alpha value is -0.643. The maximum Gasteiger partial charge on any atom is 0.253 e. The fourth-order valence-corrected chi connectivity index (χ4v) is 2.42. The first-order valence-corrected chi connectivity index (χ1v) is 8.61. The van der Waals surface area contributed by atoms with Crippen molar-refractivity contribution in [2.45, 2.75) is 25.7 Å². The summed E-state index contributed by atoms with van der Waals surface area (Å²) in [4.78, 5) is 11.3. The van der Waals surface area contributed by atoms with Gasteiger partial charge >= 0.3 is 0 Å². The zero-order valence-corrected chi connectivity index (χ0v) is 10.9. The van der Waals surface area contributed by atoms with Crippen LogP contribution >= 0.6 is 11.6 Å². The van der Waals surface area contributed by atoms with Crippen LogP contribution in [0.1, 0.15) is 11.7 Å². The Kier molecular flexibility index (Phi) is 4.08. The second-order valence-corrected chi connectivity index (χ2v) is 9.16. The number of carbonyl (C=O) groups is 1. The molecule has 0 aliphatic carbocycles. The molecule has 0 fully saturated rings. The van der Waals surface area contributed by atoms with Crippen LogP contribution in [0, 0.1) is 0 Å². The van der Waals surface area contributed by atoms with Crippen molar-refractivity contribution in [3.63, 3.8) is 0 Å². The van der Waals surface area contributed by atoms with Crippen LogP contribution in [0.5, 0.6) is 0 Å². The first kappa shape index (κ1) is 12.4. The van der Waals surface area contributed by atoms with Gasteiger partial charge in [0.05, 0.1) is 0 Å². The Morgan fingerprint density at radius 1 is 1.27 bits per heavy atom. The molecule has 0 aromatic heterocycles. The van der Waals surface area contributed by atoms with Gasteiger partial charge in [0, 0.05) is 0 Å². The molecule has 0 amide bonds. The van der Waals surface area contributed by atoms with Gasteiger partial charge in [-0.15, -0.1) is 0 Å². The van der Waals surface area contributed by atoms with Crippen LogP contribution in [0.2, 0.25) is 19.6 Å². The van der Waals surface area contributed by atoms with E-state index in [1.165, 1.54) is 0 Å². The third-order valence-corrected chi connectivity index (χ3v) is 2.92. The summed E-state index contributed by atoms with van der Waals surface area (Å²) < 4.78 is 5.74. The summed E-state index contributed by atoms with van der Waals surface area (Å²) in [6.45, 7) is 6.09. The monoisotopic (exact) mass is 242 g/mol. The van der Waals surface area contributed by atoms with Crippen molar-refractivity contribution in [3.8, 4) is 0 Å². The van der Waals surface area contributed by atoms with E-state index in [0.717, 1.165) is 5.56 Å². The van der Waals surface area contributed by atoms with Crippen molar-refractivity contribution in [1.82, 2.24) is 0 Å². The normalized spacial score (nSPS) is 13.6. The molecule has 0 N–H and O–H groups in total. The second kappa shape index (κ2) is 4.92. The van der Waals surface area contributed by atoms with Crippen LogP contribution in [0.25, 0.3) is 0 Å². The molecule has 0 spiro atoms. The molecule has 0 aliphatic rings. The van der Waals surface area contributed by atoms with Crippen LogP contribution in [0.3, 0.4) is 0 Å². The molecule has 1 aromatic rings. The second-order valence-electron chi connectivity index (χ2n) is 4.33. The van der Waals surface area contributed by atoms with Gasteiger partial charge in [0.15, 0.2) is 8.32 Å². The SMILES string of the molecule is C[Si](C)(C)O[C@@H](C(=O)Cl)c1ccccc1. The summed E-state index contributed by atoms with van der Waals surface area (Å²) in [7, 11) is -1.77. The third-order valence-electron chi connectivity index (χ3n) is 1.78. The molecule has 1 atom stereocenters. The molecular weight excluding hydrogens is 228 g/mol. The van der Waals surface area contributed by atoms with E-state index in [4.69, 9.17) is 16.0 Å². The maximum absolute atomic E-state index is 11.3. The summed E-state index contributed by atoms with van der Waals surface area (Å²) in [5, 5.41) is -0.455. The van der Waals surface area contributed by atoms with Crippen molar-refractivity contribution in [2.75, 3.05) is 0 Å². The van der Waals surface area contributed by atoms with E-state index in [-0.39, 0.29) is 0 Å². The van der Waals surface area contributed by atoms with Crippen molar-refractivity contribution in [1.29, 1.82) is 0 Å². The standard InChI is InChI=1S/C11H15ClO2Si/c1-15(2,3)14-10(11(12)13)9-7-5-4-6-8-9/h4-8,10H,1-3H3/t10-/m1/s1. The topological polar surface area (TPSA) is 26.3 Å². The van der Waals surface area contributed by atoms with E-state index in [0.29, 0.717) is 0 Å². The summed E-state index contributed by atoms with van der Waals surface area (Å²) in [5.74, 6) is 0. The van der Waals surface area contributed by atoms with Gasteiger partial charge < -0.3 is 4.43 Å². The van der Waals surface area contributed by atoms with Gasteiger partial charge in [-0.25, -0.2) is 0 Å². The lowest BCUT2D eigenvalue weighted by Crippen LogP contribution is -2.30. The Labute approximate surface area is 96.3 Å². The number of hydrogen-bond acceptors (Lipinski definition) is 2. The average molecular weight is 243 g/mol.